The number of halogens is 2. The molecular formula is C19H19Br2N3O4S. The Labute approximate surface area is 190 Å². The summed E-state index contributed by atoms with van der Waals surface area (Å²) in [6.07, 6.45) is 0.928. The summed E-state index contributed by atoms with van der Waals surface area (Å²) in [5, 5.41) is 2.35. The maximum atomic E-state index is 11.9. The fraction of sp³-hybridized carbons (Fsp3) is 0.211. The molecule has 0 fully saturated rings. The van der Waals surface area contributed by atoms with Gasteiger partial charge in [-0.2, -0.15) is 0 Å². The molecule has 29 heavy (non-hydrogen) atoms. The molecule has 10 heteroatoms. The van der Waals surface area contributed by atoms with E-state index in [4.69, 9.17) is 21.7 Å². The van der Waals surface area contributed by atoms with E-state index in [1.54, 1.807) is 30.3 Å². The van der Waals surface area contributed by atoms with Gasteiger partial charge in [-0.1, -0.05) is 35.0 Å². The standard InChI is InChI=1S/C19H19Br2N3O4S/c1-2-12-3-6-14(7-4-12)27-10-17(25)22-19(29)24-23-18(26)11-28-16-8-5-13(20)9-15(16)21/h3-9H,2,10-11H2,1H3,(H,23,26)(H2,22,24,25,29). The lowest BCUT2D eigenvalue weighted by atomic mass is 10.2. The van der Waals surface area contributed by atoms with E-state index < -0.39 is 11.8 Å². The van der Waals surface area contributed by atoms with E-state index in [9.17, 15) is 9.59 Å². The number of carbonyl (C=O) groups is 2. The summed E-state index contributed by atoms with van der Waals surface area (Å²) in [5.74, 6) is 0.180. The highest BCUT2D eigenvalue weighted by Gasteiger charge is 2.09. The number of hydrazine groups is 1. The lowest BCUT2D eigenvalue weighted by Gasteiger charge is -2.12. The predicted molar refractivity (Wildman–Crippen MR) is 121 cm³/mol. The second-order valence-corrected chi connectivity index (χ2v) is 7.88. The minimum absolute atomic E-state index is 0.0573. The van der Waals surface area contributed by atoms with Crippen molar-refractivity contribution in [3.8, 4) is 11.5 Å². The van der Waals surface area contributed by atoms with Gasteiger partial charge in [0.2, 0.25) is 0 Å². The Hall–Kier alpha value is -2.17. The van der Waals surface area contributed by atoms with Crippen molar-refractivity contribution >= 4 is 61.0 Å². The number of benzene rings is 2. The number of aryl methyl sites for hydroxylation is 1. The Bertz CT molecular complexity index is 878. The molecule has 0 aliphatic rings. The first-order valence-corrected chi connectivity index (χ1v) is 10.5. The van der Waals surface area contributed by atoms with Crippen LogP contribution in [0.5, 0.6) is 11.5 Å². The van der Waals surface area contributed by atoms with E-state index in [-0.39, 0.29) is 18.3 Å². The number of hydrogen-bond acceptors (Lipinski definition) is 5. The van der Waals surface area contributed by atoms with Crippen molar-refractivity contribution in [2.45, 2.75) is 13.3 Å². The van der Waals surface area contributed by atoms with E-state index in [2.05, 4.69) is 55.0 Å². The molecule has 3 N–H and O–H groups in total. The number of nitrogens with one attached hydrogen (secondary N) is 3. The molecule has 0 saturated carbocycles. The van der Waals surface area contributed by atoms with Gasteiger partial charge < -0.3 is 9.47 Å². The first-order valence-electron chi connectivity index (χ1n) is 8.55. The van der Waals surface area contributed by atoms with Crippen LogP contribution in [-0.4, -0.2) is 30.1 Å². The van der Waals surface area contributed by atoms with Crippen LogP contribution in [0.25, 0.3) is 0 Å². The molecule has 0 spiro atoms. The summed E-state index contributed by atoms with van der Waals surface area (Å²) in [6, 6.07) is 12.8. The van der Waals surface area contributed by atoms with Crippen LogP contribution in [0.1, 0.15) is 12.5 Å². The van der Waals surface area contributed by atoms with Gasteiger partial charge in [0.15, 0.2) is 18.3 Å². The maximum absolute atomic E-state index is 11.9. The molecule has 2 rings (SSSR count). The monoisotopic (exact) mass is 543 g/mol. The molecule has 0 aliphatic carbocycles. The highest BCUT2D eigenvalue weighted by Crippen LogP contribution is 2.28. The topological polar surface area (TPSA) is 88.7 Å². The minimum Gasteiger partial charge on any atom is -0.484 e. The van der Waals surface area contributed by atoms with Crippen molar-refractivity contribution in [1.82, 2.24) is 16.2 Å². The molecule has 7 nitrogen and oxygen atoms in total. The molecule has 0 unspecified atom stereocenters. The fourth-order valence-corrected chi connectivity index (χ4v) is 3.39. The third-order valence-corrected chi connectivity index (χ3v) is 4.84. The Morgan fingerprint density at radius 1 is 0.966 bits per heavy atom. The normalized spacial score (nSPS) is 10.0. The molecule has 2 aromatic carbocycles. The van der Waals surface area contributed by atoms with Crippen LogP contribution < -0.4 is 25.6 Å². The van der Waals surface area contributed by atoms with Gasteiger partial charge in [0, 0.05) is 4.47 Å². The van der Waals surface area contributed by atoms with E-state index in [0.717, 1.165) is 10.9 Å². The van der Waals surface area contributed by atoms with E-state index in [1.165, 1.54) is 5.56 Å². The minimum atomic E-state index is -0.469. The zero-order chi connectivity index (χ0) is 21.2. The van der Waals surface area contributed by atoms with E-state index in [0.29, 0.717) is 16.0 Å². The Morgan fingerprint density at radius 3 is 2.31 bits per heavy atom. The largest absolute Gasteiger partial charge is 0.484 e. The van der Waals surface area contributed by atoms with Crippen molar-refractivity contribution < 1.29 is 19.1 Å². The Balaban J connectivity index is 1.66. The molecule has 0 aromatic heterocycles. The number of ether oxygens (including phenoxy) is 2. The zero-order valence-corrected chi connectivity index (χ0v) is 19.4. The predicted octanol–water partition coefficient (Wildman–Crippen LogP) is 3.25. The van der Waals surface area contributed by atoms with Gasteiger partial charge in [0.1, 0.15) is 11.5 Å². The van der Waals surface area contributed by atoms with Crippen LogP contribution in [0.4, 0.5) is 0 Å². The summed E-state index contributed by atoms with van der Waals surface area (Å²) in [5.41, 5.74) is 5.95. The van der Waals surface area contributed by atoms with Crippen LogP contribution in [0.3, 0.4) is 0 Å². The number of thiocarbonyl (C=S) groups is 1. The average Bonchev–Trinajstić information content (AvgIpc) is 2.70. The molecule has 0 aliphatic heterocycles. The fourth-order valence-electron chi connectivity index (χ4n) is 2.06. The third kappa shape index (κ3) is 8.38. The summed E-state index contributed by atoms with van der Waals surface area (Å²) in [7, 11) is 0. The van der Waals surface area contributed by atoms with Crippen LogP contribution in [0.15, 0.2) is 51.4 Å². The van der Waals surface area contributed by atoms with Crippen molar-refractivity contribution in [3.63, 3.8) is 0 Å². The number of carbonyl (C=O) groups excluding carboxylic acids is 2. The molecule has 0 bridgehead atoms. The second-order valence-electron chi connectivity index (χ2n) is 5.70. The quantitative estimate of drug-likeness (QED) is 0.366. The van der Waals surface area contributed by atoms with Gasteiger partial charge in [-0.25, -0.2) is 0 Å². The van der Waals surface area contributed by atoms with Crippen molar-refractivity contribution in [1.29, 1.82) is 0 Å². The molecule has 0 atom stereocenters. The van der Waals surface area contributed by atoms with Crippen LogP contribution in [-0.2, 0) is 16.0 Å². The van der Waals surface area contributed by atoms with Crippen molar-refractivity contribution in [2.75, 3.05) is 13.2 Å². The van der Waals surface area contributed by atoms with Crippen molar-refractivity contribution in [3.05, 3.63) is 57.0 Å². The second kappa shape index (κ2) is 11.7. The molecule has 2 amide bonds. The van der Waals surface area contributed by atoms with Gasteiger partial charge in [0.05, 0.1) is 4.47 Å². The molecular weight excluding hydrogens is 526 g/mol. The van der Waals surface area contributed by atoms with E-state index >= 15 is 0 Å². The van der Waals surface area contributed by atoms with Crippen LogP contribution >= 0.6 is 44.1 Å². The molecule has 154 valence electrons. The van der Waals surface area contributed by atoms with Gasteiger partial charge in [-0.3, -0.25) is 25.8 Å². The third-order valence-electron chi connectivity index (χ3n) is 3.52. The first kappa shape index (κ1) is 23.1. The zero-order valence-electron chi connectivity index (χ0n) is 15.5. The molecule has 2 aromatic rings. The highest BCUT2D eigenvalue weighted by molar-refractivity contribution is 9.11. The van der Waals surface area contributed by atoms with Gasteiger partial charge in [-0.05, 0) is 70.5 Å². The van der Waals surface area contributed by atoms with Crippen LogP contribution in [0.2, 0.25) is 0 Å². The highest BCUT2D eigenvalue weighted by atomic mass is 79.9. The van der Waals surface area contributed by atoms with Crippen molar-refractivity contribution in [2.24, 2.45) is 0 Å². The van der Waals surface area contributed by atoms with Gasteiger partial charge in [0.25, 0.3) is 11.8 Å². The first-order chi connectivity index (χ1) is 13.9. The summed E-state index contributed by atoms with van der Waals surface area (Å²) >= 11 is 11.6. The summed E-state index contributed by atoms with van der Waals surface area (Å²) in [4.78, 5) is 23.7. The summed E-state index contributed by atoms with van der Waals surface area (Å²) < 4.78 is 12.4. The Kier molecular flexibility index (Phi) is 9.36. The average molecular weight is 545 g/mol. The van der Waals surface area contributed by atoms with Gasteiger partial charge >= 0.3 is 0 Å². The molecule has 0 heterocycles. The smallest absolute Gasteiger partial charge is 0.276 e. The maximum Gasteiger partial charge on any atom is 0.276 e. The van der Waals surface area contributed by atoms with Gasteiger partial charge in [-0.15, -0.1) is 0 Å². The number of amides is 2. The molecule has 0 radical (unpaired) electrons. The van der Waals surface area contributed by atoms with Crippen LogP contribution in [0, 0.1) is 0 Å². The number of hydrogen-bond donors (Lipinski definition) is 3. The lowest BCUT2D eigenvalue weighted by Crippen LogP contribution is -2.50. The molecule has 0 saturated heterocycles. The SMILES string of the molecule is CCc1ccc(OCC(=O)NC(=S)NNC(=O)COc2ccc(Br)cc2Br)cc1. The lowest BCUT2D eigenvalue weighted by molar-refractivity contribution is -0.124. The number of rotatable bonds is 7. The summed E-state index contributed by atoms with van der Waals surface area (Å²) in [6.45, 7) is 1.62. The Morgan fingerprint density at radius 2 is 1.66 bits per heavy atom. The van der Waals surface area contributed by atoms with E-state index in [1.807, 2.05) is 12.1 Å².